The SMILES string of the molecule is CCNc1ccc([N+](=O)[O-])cc1C(=O)N(C)CC(C)CC. The van der Waals surface area contributed by atoms with Crippen molar-refractivity contribution in [3.05, 3.63) is 33.9 Å². The number of carbonyl (C=O) groups excluding carboxylic acids is 1. The van der Waals surface area contributed by atoms with Crippen LogP contribution in [0.25, 0.3) is 0 Å². The van der Waals surface area contributed by atoms with E-state index in [1.165, 1.54) is 12.1 Å². The van der Waals surface area contributed by atoms with E-state index in [1.54, 1.807) is 18.0 Å². The third-order valence-electron chi connectivity index (χ3n) is 3.44. The van der Waals surface area contributed by atoms with Crippen LogP contribution in [0.4, 0.5) is 11.4 Å². The molecule has 0 aromatic heterocycles. The molecule has 0 heterocycles. The van der Waals surface area contributed by atoms with E-state index < -0.39 is 4.92 Å². The van der Waals surface area contributed by atoms with Gasteiger partial charge in [-0.15, -0.1) is 0 Å². The van der Waals surface area contributed by atoms with Gasteiger partial charge in [0.1, 0.15) is 0 Å². The Morgan fingerprint density at radius 2 is 2.10 bits per heavy atom. The third kappa shape index (κ3) is 4.44. The molecule has 1 aromatic carbocycles. The molecule has 1 unspecified atom stereocenters. The molecule has 0 fully saturated rings. The van der Waals surface area contributed by atoms with Crippen molar-refractivity contribution in [3.8, 4) is 0 Å². The molecule has 0 aliphatic carbocycles. The molecule has 1 amide bonds. The molecule has 116 valence electrons. The minimum absolute atomic E-state index is 0.0723. The topological polar surface area (TPSA) is 75.5 Å². The molecule has 0 aliphatic rings. The molecule has 0 saturated heterocycles. The number of nitro benzene ring substituents is 1. The van der Waals surface area contributed by atoms with Gasteiger partial charge in [-0.1, -0.05) is 20.3 Å². The van der Waals surface area contributed by atoms with Gasteiger partial charge in [0.25, 0.3) is 11.6 Å². The van der Waals surface area contributed by atoms with Crippen LogP contribution < -0.4 is 5.32 Å². The molecule has 6 heteroatoms. The first-order valence-corrected chi connectivity index (χ1v) is 7.18. The maximum atomic E-state index is 12.5. The summed E-state index contributed by atoms with van der Waals surface area (Å²) >= 11 is 0. The minimum atomic E-state index is -0.485. The van der Waals surface area contributed by atoms with E-state index >= 15 is 0 Å². The second-order valence-corrected chi connectivity index (χ2v) is 5.22. The first-order chi connectivity index (χ1) is 9.90. The average molecular weight is 293 g/mol. The lowest BCUT2D eigenvalue weighted by Gasteiger charge is -2.22. The fourth-order valence-corrected chi connectivity index (χ4v) is 2.05. The second-order valence-electron chi connectivity index (χ2n) is 5.22. The Balaban J connectivity index is 3.09. The highest BCUT2D eigenvalue weighted by atomic mass is 16.6. The molecule has 1 N–H and O–H groups in total. The number of carbonyl (C=O) groups is 1. The van der Waals surface area contributed by atoms with Crippen LogP contribution in [0.1, 0.15) is 37.6 Å². The molecule has 0 radical (unpaired) electrons. The monoisotopic (exact) mass is 293 g/mol. The summed E-state index contributed by atoms with van der Waals surface area (Å²) in [7, 11) is 1.73. The molecule has 6 nitrogen and oxygen atoms in total. The molecular weight excluding hydrogens is 270 g/mol. The lowest BCUT2D eigenvalue weighted by Crippen LogP contribution is -2.31. The molecule has 0 bridgehead atoms. The van der Waals surface area contributed by atoms with E-state index in [0.717, 1.165) is 6.42 Å². The molecule has 0 saturated carbocycles. The van der Waals surface area contributed by atoms with Crippen molar-refractivity contribution in [1.29, 1.82) is 0 Å². The van der Waals surface area contributed by atoms with Crippen LogP contribution in [-0.4, -0.2) is 35.9 Å². The Hall–Kier alpha value is -2.11. The fraction of sp³-hybridized carbons (Fsp3) is 0.533. The summed E-state index contributed by atoms with van der Waals surface area (Å²) in [4.78, 5) is 24.6. The average Bonchev–Trinajstić information content (AvgIpc) is 2.46. The number of amides is 1. The van der Waals surface area contributed by atoms with Crippen molar-refractivity contribution in [2.45, 2.75) is 27.2 Å². The maximum absolute atomic E-state index is 12.5. The van der Waals surface area contributed by atoms with Crippen LogP contribution in [-0.2, 0) is 0 Å². The number of benzene rings is 1. The van der Waals surface area contributed by atoms with Gasteiger partial charge >= 0.3 is 0 Å². The van der Waals surface area contributed by atoms with Crippen molar-refractivity contribution in [2.24, 2.45) is 5.92 Å². The predicted molar refractivity (Wildman–Crippen MR) is 83.7 cm³/mol. The van der Waals surface area contributed by atoms with E-state index in [9.17, 15) is 14.9 Å². The van der Waals surface area contributed by atoms with Gasteiger partial charge in [0.15, 0.2) is 0 Å². The van der Waals surface area contributed by atoms with Crippen molar-refractivity contribution in [1.82, 2.24) is 4.90 Å². The van der Waals surface area contributed by atoms with Crippen LogP contribution in [0.2, 0.25) is 0 Å². The van der Waals surface area contributed by atoms with Gasteiger partial charge in [-0.2, -0.15) is 0 Å². The van der Waals surface area contributed by atoms with E-state index in [-0.39, 0.29) is 11.6 Å². The maximum Gasteiger partial charge on any atom is 0.270 e. The molecule has 0 aliphatic heterocycles. The predicted octanol–water partition coefficient (Wildman–Crippen LogP) is 3.14. The highest BCUT2D eigenvalue weighted by Crippen LogP contribution is 2.23. The summed E-state index contributed by atoms with van der Waals surface area (Å²) in [6.45, 7) is 7.33. The van der Waals surface area contributed by atoms with E-state index in [4.69, 9.17) is 0 Å². The highest BCUT2D eigenvalue weighted by Gasteiger charge is 2.20. The zero-order chi connectivity index (χ0) is 16.0. The second kappa shape index (κ2) is 7.61. The van der Waals surface area contributed by atoms with Gasteiger partial charge < -0.3 is 10.2 Å². The normalized spacial score (nSPS) is 11.8. The first-order valence-electron chi connectivity index (χ1n) is 7.18. The van der Waals surface area contributed by atoms with E-state index in [1.807, 2.05) is 6.92 Å². The summed E-state index contributed by atoms with van der Waals surface area (Å²) < 4.78 is 0. The largest absolute Gasteiger partial charge is 0.385 e. The van der Waals surface area contributed by atoms with Crippen LogP contribution in [0.3, 0.4) is 0 Å². The van der Waals surface area contributed by atoms with Gasteiger partial charge in [0, 0.05) is 38.0 Å². The zero-order valence-corrected chi connectivity index (χ0v) is 13.0. The minimum Gasteiger partial charge on any atom is -0.385 e. The summed E-state index contributed by atoms with van der Waals surface area (Å²) in [5, 5.41) is 14.0. The standard InChI is InChI=1S/C15H23N3O3/c1-5-11(3)10-17(4)15(19)13-9-12(18(20)21)7-8-14(13)16-6-2/h7-9,11,16H,5-6,10H2,1-4H3. The Bertz CT molecular complexity index is 517. The van der Waals surface area contributed by atoms with Crippen molar-refractivity contribution in [3.63, 3.8) is 0 Å². The number of nitro groups is 1. The van der Waals surface area contributed by atoms with Gasteiger partial charge in [-0.3, -0.25) is 14.9 Å². The number of hydrogen-bond acceptors (Lipinski definition) is 4. The summed E-state index contributed by atoms with van der Waals surface area (Å²) in [5.41, 5.74) is 0.901. The Morgan fingerprint density at radius 3 is 2.62 bits per heavy atom. The Labute approximate surface area is 125 Å². The van der Waals surface area contributed by atoms with Gasteiger partial charge in [0.05, 0.1) is 10.5 Å². The number of nitrogens with one attached hydrogen (secondary N) is 1. The fourth-order valence-electron chi connectivity index (χ4n) is 2.05. The summed E-state index contributed by atoms with van der Waals surface area (Å²) in [6, 6.07) is 4.34. The van der Waals surface area contributed by atoms with Gasteiger partial charge in [-0.05, 0) is 18.9 Å². The number of non-ortho nitro benzene ring substituents is 1. The van der Waals surface area contributed by atoms with Crippen LogP contribution in [0, 0.1) is 16.0 Å². The lowest BCUT2D eigenvalue weighted by atomic mass is 10.1. The quantitative estimate of drug-likeness (QED) is 0.619. The molecule has 21 heavy (non-hydrogen) atoms. The molecular formula is C15H23N3O3. The number of anilines is 1. The smallest absolute Gasteiger partial charge is 0.270 e. The highest BCUT2D eigenvalue weighted by molar-refractivity contribution is 6.00. The van der Waals surface area contributed by atoms with Crippen molar-refractivity contribution < 1.29 is 9.72 Å². The van der Waals surface area contributed by atoms with Crippen molar-refractivity contribution in [2.75, 3.05) is 25.5 Å². The Kier molecular flexibility index (Phi) is 6.14. The van der Waals surface area contributed by atoms with Crippen LogP contribution in [0.5, 0.6) is 0 Å². The molecule has 1 rings (SSSR count). The number of nitrogens with zero attached hydrogens (tertiary/aromatic N) is 2. The zero-order valence-electron chi connectivity index (χ0n) is 13.0. The van der Waals surface area contributed by atoms with E-state index in [0.29, 0.717) is 30.3 Å². The van der Waals surface area contributed by atoms with Crippen LogP contribution >= 0.6 is 0 Å². The number of hydrogen-bond donors (Lipinski definition) is 1. The van der Waals surface area contributed by atoms with Crippen molar-refractivity contribution >= 4 is 17.3 Å². The molecule has 1 aromatic rings. The molecule has 1 atom stereocenters. The third-order valence-corrected chi connectivity index (χ3v) is 3.44. The van der Waals surface area contributed by atoms with Crippen LogP contribution in [0.15, 0.2) is 18.2 Å². The van der Waals surface area contributed by atoms with Gasteiger partial charge in [-0.25, -0.2) is 0 Å². The number of rotatable bonds is 7. The summed E-state index contributed by atoms with van der Waals surface area (Å²) in [5.74, 6) is 0.190. The Morgan fingerprint density at radius 1 is 1.43 bits per heavy atom. The first kappa shape index (κ1) is 16.9. The summed E-state index contributed by atoms with van der Waals surface area (Å²) in [6.07, 6.45) is 0.979. The lowest BCUT2D eigenvalue weighted by molar-refractivity contribution is -0.384. The van der Waals surface area contributed by atoms with Gasteiger partial charge in [0.2, 0.25) is 0 Å². The van der Waals surface area contributed by atoms with E-state index in [2.05, 4.69) is 19.2 Å². The molecule has 0 spiro atoms.